The standard InChI is InChI=1S/C32H50N2O4/c1-6-8-9-10-11-12-13-14-15-16-17-18-19-21-26-22-20-23-27(37-7-2)29(26)30-28(31(35)38-24(3)4)25(5)33-32(36)34-30/h12-13,20,22-24,30H,6-11,14-19,21H2,1-5H3,(H2,33,34,36)/b13-12+. The van der Waals surface area contributed by atoms with Crippen molar-refractivity contribution < 1.29 is 19.1 Å². The van der Waals surface area contributed by atoms with Crippen molar-refractivity contribution in [3.8, 4) is 5.75 Å². The molecule has 0 saturated heterocycles. The zero-order valence-corrected chi connectivity index (χ0v) is 24.4. The fourth-order valence-electron chi connectivity index (χ4n) is 4.91. The lowest BCUT2D eigenvalue weighted by atomic mass is 9.89. The smallest absolute Gasteiger partial charge is 0.338 e. The van der Waals surface area contributed by atoms with Crippen LogP contribution in [-0.4, -0.2) is 24.7 Å². The number of ether oxygens (including phenoxy) is 2. The van der Waals surface area contributed by atoms with Crippen LogP contribution < -0.4 is 15.4 Å². The number of amides is 2. The molecule has 0 aromatic heterocycles. The lowest BCUT2D eigenvalue weighted by molar-refractivity contribution is -0.143. The Morgan fingerprint density at radius 2 is 1.63 bits per heavy atom. The Labute approximate surface area is 230 Å². The van der Waals surface area contributed by atoms with Gasteiger partial charge in [0.25, 0.3) is 0 Å². The number of allylic oxidation sites excluding steroid dienone is 3. The van der Waals surface area contributed by atoms with Crippen molar-refractivity contribution in [1.29, 1.82) is 0 Å². The van der Waals surface area contributed by atoms with Crippen LogP contribution in [0, 0.1) is 0 Å². The van der Waals surface area contributed by atoms with Gasteiger partial charge in [-0.1, -0.05) is 69.7 Å². The van der Waals surface area contributed by atoms with E-state index in [1.54, 1.807) is 6.92 Å². The van der Waals surface area contributed by atoms with Gasteiger partial charge in [0.2, 0.25) is 0 Å². The van der Waals surface area contributed by atoms with Gasteiger partial charge < -0.3 is 20.1 Å². The molecule has 2 amide bonds. The zero-order chi connectivity index (χ0) is 27.8. The molecule has 0 bridgehead atoms. The second kappa shape index (κ2) is 17.7. The summed E-state index contributed by atoms with van der Waals surface area (Å²) in [6.45, 7) is 10.1. The van der Waals surface area contributed by atoms with E-state index in [9.17, 15) is 9.59 Å². The highest BCUT2D eigenvalue weighted by Crippen LogP contribution is 2.37. The van der Waals surface area contributed by atoms with Gasteiger partial charge in [-0.15, -0.1) is 0 Å². The van der Waals surface area contributed by atoms with Gasteiger partial charge in [0.15, 0.2) is 0 Å². The van der Waals surface area contributed by atoms with E-state index in [1.807, 2.05) is 32.9 Å². The molecule has 1 aromatic carbocycles. The molecular weight excluding hydrogens is 476 g/mol. The van der Waals surface area contributed by atoms with Crippen LogP contribution in [0.1, 0.15) is 122 Å². The molecule has 1 atom stereocenters. The molecule has 0 aliphatic carbocycles. The second-order valence-electron chi connectivity index (χ2n) is 10.4. The van der Waals surface area contributed by atoms with Crippen LogP contribution in [0.15, 0.2) is 41.6 Å². The molecular formula is C32H50N2O4. The third-order valence-electron chi connectivity index (χ3n) is 6.78. The predicted octanol–water partition coefficient (Wildman–Crippen LogP) is 8.07. The molecule has 38 heavy (non-hydrogen) atoms. The topological polar surface area (TPSA) is 76.7 Å². The van der Waals surface area contributed by atoms with Crippen molar-refractivity contribution in [3.63, 3.8) is 0 Å². The van der Waals surface area contributed by atoms with Gasteiger partial charge in [-0.2, -0.15) is 0 Å². The Morgan fingerprint density at radius 1 is 0.974 bits per heavy atom. The molecule has 0 saturated carbocycles. The van der Waals surface area contributed by atoms with Gasteiger partial charge in [0.1, 0.15) is 5.75 Å². The summed E-state index contributed by atoms with van der Waals surface area (Å²) < 4.78 is 11.5. The molecule has 1 aliphatic heterocycles. The van der Waals surface area contributed by atoms with Gasteiger partial charge >= 0.3 is 12.0 Å². The first-order valence-corrected chi connectivity index (χ1v) is 14.8. The minimum atomic E-state index is -0.624. The minimum absolute atomic E-state index is 0.260. The molecule has 2 N–H and O–H groups in total. The number of hydrogen-bond acceptors (Lipinski definition) is 4. The first kappa shape index (κ1) is 31.5. The number of aryl methyl sites for hydroxylation is 1. The van der Waals surface area contributed by atoms with Crippen molar-refractivity contribution >= 4 is 12.0 Å². The second-order valence-corrected chi connectivity index (χ2v) is 10.4. The van der Waals surface area contributed by atoms with Crippen LogP contribution >= 0.6 is 0 Å². The van der Waals surface area contributed by atoms with E-state index in [2.05, 4.69) is 35.8 Å². The molecule has 0 fully saturated rings. The quantitative estimate of drug-likeness (QED) is 0.115. The van der Waals surface area contributed by atoms with Crippen molar-refractivity contribution in [2.75, 3.05) is 6.61 Å². The minimum Gasteiger partial charge on any atom is -0.493 e. The number of rotatable bonds is 18. The van der Waals surface area contributed by atoms with Gasteiger partial charge in [0, 0.05) is 11.3 Å². The molecule has 0 radical (unpaired) electrons. The summed E-state index contributed by atoms with van der Waals surface area (Å²) in [5, 5.41) is 5.69. The van der Waals surface area contributed by atoms with Crippen LogP contribution in [0.5, 0.6) is 5.75 Å². The molecule has 1 heterocycles. The molecule has 1 aromatic rings. The summed E-state index contributed by atoms with van der Waals surface area (Å²) >= 11 is 0. The number of urea groups is 1. The Balaban J connectivity index is 2.00. The van der Waals surface area contributed by atoms with E-state index in [1.165, 1.54) is 57.8 Å². The van der Waals surface area contributed by atoms with Crippen LogP contribution in [0.4, 0.5) is 4.79 Å². The monoisotopic (exact) mass is 526 g/mol. The summed E-state index contributed by atoms with van der Waals surface area (Å²) in [7, 11) is 0. The van der Waals surface area contributed by atoms with E-state index in [-0.39, 0.29) is 12.1 Å². The average Bonchev–Trinajstić information content (AvgIpc) is 2.86. The van der Waals surface area contributed by atoms with Gasteiger partial charge in [-0.3, -0.25) is 0 Å². The number of carbonyl (C=O) groups excluding carboxylic acids is 2. The first-order valence-electron chi connectivity index (χ1n) is 14.8. The van der Waals surface area contributed by atoms with Crippen LogP contribution in [0.25, 0.3) is 0 Å². The maximum absolute atomic E-state index is 13.1. The highest BCUT2D eigenvalue weighted by atomic mass is 16.5. The third kappa shape index (κ3) is 10.5. The fourth-order valence-corrected chi connectivity index (χ4v) is 4.91. The summed E-state index contributed by atoms with van der Waals surface area (Å²) in [6.07, 6.45) is 18.9. The zero-order valence-electron chi connectivity index (χ0n) is 24.4. The van der Waals surface area contributed by atoms with E-state index in [4.69, 9.17) is 9.47 Å². The van der Waals surface area contributed by atoms with Crippen LogP contribution in [-0.2, 0) is 16.0 Å². The summed E-state index contributed by atoms with van der Waals surface area (Å²) in [6, 6.07) is 5.03. The fraction of sp³-hybridized carbons (Fsp3) is 0.625. The Hall–Kier alpha value is -2.76. The molecule has 6 heteroatoms. The molecule has 1 unspecified atom stereocenters. The number of benzene rings is 1. The van der Waals surface area contributed by atoms with E-state index in [0.717, 1.165) is 30.4 Å². The van der Waals surface area contributed by atoms with Crippen LogP contribution in [0.3, 0.4) is 0 Å². The normalized spacial score (nSPS) is 15.6. The number of carbonyl (C=O) groups is 2. The lowest BCUT2D eigenvalue weighted by Crippen LogP contribution is -2.46. The van der Waals surface area contributed by atoms with Gasteiger partial charge in [-0.25, -0.2) is 9.59 Å². The Morgan fingerprint density at radius 3 is 2.29 bits per heavy atom. The molecule has 0 spiro atoms. The Kier molecular flexibility index (Phi) is 14.6. The summed E-state index contributed by atoms with van der Waals surface area (Å²) in [5.74, 6) is 0.267. The predicted molar refractivity (Wildman–Crippen MR) is 155 cm³/mol. The number of unbranched alkanes of at least 4 members (excludes halogenated alkanes) is 9. The maximum atomic E-state index is 13.1. The molecule has 212 valence electrons. The maximum Gasteiger partial charge on any atom is 0.338 e. The summed E-state index contributed by atoms with van der Waals surface area (Å²) in [5.41, 5.74) is 2.88. The number of hydrogen-bond donors (Lipinski definition) is 2. The highest BCUT2D eigenvalue weighted by molar-refractivity contribution is 5.95. The van der Waals surface area contributed by atoms with Crippen molar-refractivity contribution in [1.82, 2.24) is 10.6 Å². The summed E-state index contributed by atoms with van der Waals surface area (Å²) in [4.78, 5) is 25.5. The Bertz CT molecular complexity index is 935. The van der Waals surface area contributed by atoms with Crippen molar-refractivity contribution in [2.24, 2.45) is 0 Å². The third-order valence-corrected chi connectivity index (χ3v) is 6.78. The molecule has 2 rings (SSSR count). The van der Waals surface area contributed by atoms with Crippen LogP contribution in [0.2, 0.25) is 0 Å². The van der Waals surface area contributed by atoms with Gasteiger partial charge in [0.05, 0.1) is 24.3 Å². The highest BCUT2D eigenvalue weighted by Gasteiger charge is 2.35. The van der Waals surface area contributed by atoms with E-state index >= 15 is 0 Å². The number of esters is 1. The van der Waals surface area contributed by atoms with Crippen molar-refractivity contribution in [3.05, 3.63) is 52.7 Å². The van der Waals surface area contributed by atoms with Crippen molar-refractivity contribution in [2.45, 2.75) is 124 Å². The lowest BCUT2D eigenvalue weighted by Gasteiger charge is -2.31. The molecule has 1 aliphatic rings. The molecule has 6 nitrogen and oxygen atoms in total. The SMILES string of the molecule is CCCCCC/C=C/CCCCCCCc1cccc(OCC)c1C1NC(=O)NC(C)=C1C(=O)OC(C)C. The van der Waals surface area contributed by atoms with E-state index in [0.29, 0.717) is 23.6 Å². The average molecular weight is 527 g/mol. The largest absolute Gasteiger partial charge is 0.493 e. The number of nitrogens with one attached hydrogen (secondary N) is 2. The first-order chi connectivity index (χ1) is 18.4. The van der Waals surface area contributed by atoms with E-state index < -0.39 is 12.0 Å². The van der Waals surface area contributed by atoms with Gasteiger partial charge in [-0.05, 0) is 77.8 Å².